The van der Waals surface area contributed by atoms with Crippen molar-refractivity contribution in [1.82, 2.24) is 0 Å². The van der Waals surface area contributed by atoms with Crippen molar-refractivity contribution in [1.29, 1.82) is 0 Å². The number of halogens is 2. The molecule has 6 heteroatoms. The third kappa shape index (κ3) is 3.52. The van der Waals surface area contributed by atoms with Gasteiger partial charge in [0.05, 0.1) is 4.90 Å². The van der Waals surface area contributed by atoms with Crippen LogP contribution in [0.4, 0.5) is 8.78 Å². The highest BCUT2D eigenvalue weighted by molar-refractivity contribution is 7.86. The lowest BCUT2D eigenvalue weighted by Crippen LogP contribution is -2.23. The average Bonchev–Trinajstić information content (AvgIpc) is 2.30. The van der Waals surface area contributed by atoms with E-state index in [-0.39, 0.29) is 4.90 Å². The van der Waals surface area contributed by atoms with Crippen LogP contribution in [-0.2, 0) is 14.3 Å². The van der Waals surface area contributed by atoms with Gasteiger partial charge in [-0.3, -0.25) is 0 Å². The highest BCUT2D eigenvalue weighted by Crippen LogP contribution is 2.19. The average molecular weight is 274 g/mol. The maximum Gasteiger partial charge on any atom is 0.299 e. The van der Waals surface area contributed by atoms with E-state index < -0.39 is 29.1 Å². The van der Waals surface area contributed by atoms with Crippen LogP contribution in [0.5, 0.6) is 0 Å². The number of alkyl halides is 2. The molecule has 0 aliphatic rings. The van der Waals surface area contributed by atoms with Gasteiger partial charge in [0.2, 0.25) is 6.36 Å². The van der Waals surface area contributed by atoms with Crippen molar-refractivity contribution in [2.75, 3.05) is 6.67 Å². The summed E-state index contributed by atoms with van der Waals surface area (Å²) in [5, 5.41) is 0. The van der Waals surface area contributed by atoms with E-state index in [1.807, 2.05) is 0 Å². The molecule has 18 heavy (non-hydrogen) atoms. The van der Waals surface area contributed by atoms with Crippen LogP contribution in [0.2, 0.25) is 0 Å². The summed E-state index contributed by atoms with van der Waals surface area (Å²) < 4.78 is 53.1. The van der Waals surface area contributed by atoms with E-state index in [4.69, 9.17) is 6.42 Å². The van der Waals surface area contributed by atoms with Crippen LogP contribution in [0.3, 0.4) is 0 Å². The minimum Gasteiger partial charge on any atom is -0.250 e. The van der Waals surface area contributed by atoms with Crippen LogP contribution in [0.15, 0.2) is 29.2 Å². The molecule has 98 valence electrons. The lowest BCUT2D eigenvalue weighted by atomic mass is 10.2. The van der Waals surface area contributed by atoms with Crippen molar-refractivity contribution >= 4 is 10.1 Å². The molecule has 0 aliphatic heterocycles. The minimum atomic E-state index is -4.28. The normalized spacial score (nSPS) is 14.8. The second-order valence-electron chi connectivity index (χ2n) is 3.64. The van der Waals surface area contributed by atoms with Gasteiger partial charge < -0.3 is 0 Å². The third-order valence-corrected chi connectivity index (χ3v) is 3.51. The fourth-order valence-electron chi connectivity index (χ4n) is 1.14. The highest BCUT2D eigenvalue weighted by atomic mass is 32.2. The number of aryl methyl sites for hydroxylation is 1. The first-order valence-corrected chi connectivity index (χ1v) is 6.47. The molecule has 0 spiro atoms. The Kier molecular flexibility index (Phi) is 4.82. The van der Waals surface area contributed by atoms with Crippen LogP contribution in [-0.4, -0.2) is 21.5 Å². The van der Waals surface area contributed by atoms with Gasteiger partial charge in [-0.05, 0) is 19.1 Å². The van der Waals surface area contributed by atoms with Crippen molar-refractivity contribution in [2.45, 2.75) is 18.2 Å². The molecule has 0 N–H and O–H groups in total. The van der Waals surface area contributed by atoms with E-state index in [1.165, 1.54) is 24.3 Å². The molecule has 0 amide bonds. The number of hydrogen-bond donors (Lipinski definition) is 0. The number of hydrogen-bond acceptors (Lipinski definition) is 3. The summed E-state index contributed by atoms with van der Waals surface area (Å²) in [5.41, 5.74) is 0.844. The Bertz CT molecular complexity index is 531. The van der Waals surface area contributed by atoms with Crippen molar-refractivity contribution in [3.8, 4) is 12.3 Å². The number of rotatable bonds is 5. The minimum absolute atomic E-state index is 0.203. The van der Waals surface area contributed by atoms with Gasteiger partial charge in [-0.1, -0.05) is 23.6 Å². The zero-order valence-electron chi connectivity index (χ0n) is 9.64. The molecule has 3 nitrogen and oxygen atoms in total. The molecule has 2 atom stereocenters. The van der Waals surface area contributed by atoms with E-state index in [0.29, 0.717) is 0 Å². The number of benzene rings is 1. The molecule has 1 aromatic carbocycles. The Morgan fingerprint density at radius 1 is 1.39 bits per heavy atom. The van der Waals surface area contributed by atoms with E-state index in [9.17, 15) is 17.2 Å². The first-order valence-electron chi connectivity index (χ1n) is 5.07. The van der Waals surface area contributed by atoms with E-state index in [1.54, 1.807) is 12.8 Å². The molecule has 1 rings (SSSR count). The molecular formula is C12H12F2O3S. The molecule has 2 unspecified atom stereocenters. The van der Waals surface area contributed by atoms with Gasteiger partial charge in [0.1, 0.15) is 12.6 Å². The summed E-state index contributed by atoms with van der Waals surface area (Å²) in [4.78, 5) is -0.203. The van der Waals surface area contributed by atoms with Crippen LogP contribution in [0, 0.1) is 25.2 Å². The molecule has 0 bridgehead atoms. The predicted molar refractivity (Wildman–Crippen MR) is 62.6 cm³/mol. The van der Waals surface area contributed by atoms with Crippen molar-refractivity contribution in [3.63, 3.8) is 0 Å². The molecule has 0 fully saturated rings. The van der Waals surface area contributed by atoms with Crippen molar-refractivity contribution in [2.24, 2.45) is 5.92 Å². The summed E-state index contributed by atoms with van der Waals surface area (Å²) in [6, 6.07) is 5.63. The summed E-state index contributed by atoms with van der Waals surface area (Å²) >= 11 is 0. The zero-order chi connectivity index (χ0) is 13.8. The van der Waals surface area contributed by atoms with E-state index in [2.05, 4.69) is 4.18 Å². The van der Waals surface area contributed by atoms with Crippen molar-refractivity contribution < 1.29 is 21.4 Å². The van der Waals surface area contributed by atoms with Gasteiger partial charge in [-0.25, -0.2) is 13.0 Å². The van der Waals surface area contributed by atoms with Crippen molar-refractivity contribution in [3.05, 3.63) is 29.8 Å². The molecule has 0 saturated carbocycles. The van der Waals surface area contributed by atoms with Gasteiger partial charge in [0.15, 0.2) is 0 Å². The Labute approximate surface area is 105 Å². The van der Waals surface area contributed by atoms with E-state index in [0.717, 1.165) is 5.56 Å². The fraction of sp³-hybridized carbons (Fsp3) is 0.333. The summed E-state index contributed by atoms with van der Waals surface area (Å²) in [5.74, 6) is 0.258. The standard InChI is InChI=1S/C12H12F2O3S/c1-3-10(8-13)12(14)17-18(15,16)11-6-4-9(2)5-7-11/h1,4-7,10,12H,8H2,2H3. The van der Waals surface area contributed by atoms with E-state index >= 15 is 0 Å². The van der Waals surface area contributed by atoms with Gasteiger partial charge in [0, 0.05) is 0 Å². The van der Waals surface area contributed by atoms with Gasteiger partial charge >= 0.3 is 0 Å². The third-order valence-electron chi connectivity index (χ3n) is 2.22. The Morgan fingerprint density at radius 2 is 1.94 bits per heavy atom. The van der Waals surface area contributed by atoms with Crippen LogP contribution >= 0.6 is 0 Å². The molecular weight excluding hydrogens is 262 g/mol. The molecule has 0 heterocycles. The summed E-state index contributed by atoms with van der Waals surface area (Å²) in [6.45, 7) is 0.577. The highest BCUT2D eigenvalue weighted by Gasteiger charge is 2.27. The largest absolute Gasteiger partial charge is 0.299 e. The molecule has 0 saturated heterocycles. The van der Waals surface area contributed by atoms with Gasteiger partial charge in [-0.2, -0.15) is 8.42 Å². The van der Waals surface area contributed by atoms with Crippen LogP contribution in [0.25, 0.3) is 0 Å². The Hall–Kier alpha value is -1.45. The molecule has 0 aromatic heterocycles. The first kappa shape index (κ1) is 14.6. The Morgan fingerprint density at radius 3 is 2.39 bits per heavy atom. The second kappa shape index (κ2) is 5.94. The summed E-state index contributed by atoms with van der Waals surface area (Å²) in [7, 11) is -4.28. The maximum absolute atomic E-state index is 13.3. The monoisotopic (exact) mass is 274 g/mol. The summed E-state index contributed by atoms with van der Waals surface area (Å²) in [6.07, 6.45) is 2.46. The smallest absolute Gasteiger partial charge is 0.250 e. The molecule has 0 aliphatic carbocycles. The van der Waals surface area contributed by atoms with Gasteiger partial charge in [0.25, 0.3) is 10.1 Å². The van der Waals surface area contributed by atoms with Crippen LogP contribution < -0.4 is 0 Å². The molecule has 0 radical (unpaired) electrons. The van der Waals surface area contributed by atoms with Crippen LogP contribution in [0.1, 0.15) is 5.56 Å². The zero-order valence-corrected chi connectivity index (χ0v) is 10.5. The number of terminal acetylenes is 1. The SMILES string of the molecule is C#CC(CF)C(F)OS(=O)(=O)c1ccc(C)cc1. The first-order chi connectivity index (χ1) is 8.40. The fourth-order valence-corrected chi connectivity index (χ4v) is 2.10. The quantitative estimate of drug-likeness (QED) is 0.611. The lowest BCUT2D eigenvalue weighted by molar-refractivity contribution is 0.0309. The second-order valence-corrected chi connectivity index (χ2v) is 5.21. The topological polar surface area (TPSA) is 43.4 Å². The Balaban J connectivity index is 2.89. The lowest BCUT2D eigenvalue weighted by Gasteiger charge is -2.13. The predicted octanol–water partition coefficient (Wildman–Crippen LogP) is 2.21. The van der Waals surface area contributed by atoms with Gasteiger partial charge in [-0.15, -0.1) is 6.42 Å². The maximum atomic E-state index is 13.3. The molecule has 1 aromatic rings.